The lowest BCUT2D eigenvalue weighted by atomic mass is 9.93. The van der Waals surface area contributed by atoms with Crippen molar-refractivity contribution in [2.75, 3.05) is 0 Å². The predicted octanol–water partition coefficient (Wildman–Crippen LogP) is 4.63. The van der Waals surface area contributed by atoms with E-state index in [-0.39, 0.29) is 12.1 Å². The van der Waals surface area contributed by atoms with Gasteiger partial charge in [0, 0.05) is 33.1 Å². The second-order valence-corrected chi connectivity index (χ2v) is 5.98. The number of fused-ring (bicyclic) bond motifs is 1. The number of hydrogen-bond acceptors (Lipinski definition) is 2. The minimum atomic E-state index is -0.0858. The summed E-state index contributed by atoms with van der Waals surface area (Å²) in [5.41, 5.74) is 8.28. The summed E-state index contributed by atoms with van der Waals surface area (Å²) in [5, 5.41) is 0.722. The summed E-state index contributed by atoms with van der Waals surface area (Å²) in [4.78, 5) is 0. The Hall–Kier alpha value is -1.03. The summed E-state index contributed by atoms with van der Waals surface area (Å²) in [5.74, 6) is 0.840. The minimum Gasteiger partial charge on any atom is -0.485 e. The molecule has 19 heavy (non-hydrogen) atoms. The van der Waals surface area contributed by atoms with Crippen molar-refractivity contribution < 1.29 is 4.74 Å². The normalized spacial score (nSPS) is 21.6. The molecule has 0 aliphatic carbocycles. The average molecular weight is 339 g/mol. The van der Waals surface area contributed by atoms with E-state index in [9.17, 15) is 0 Å². The van der Waals surface area contributed by atoms with Crippen LogP contribution in [-0.2, 0) is 0 Å². The molecular weight excluding hydrogens is 326 g/mol. The standard InChI is InChI=1S/C15H13BrClNO/c16-9-5-6-14-11(7-9)13(18)8-15(19-14)10-3-1-2-4-12(10)17/h1-7,13,15H,8,18H2. The first kappa shape index (κ1) is 13.0. The maximum Gasteiger partial charge on any atom is 0.127 e. The summed E-state index contributed by atoms with van der Waals surface area (Å²) in [7, 11) is 0. The number of rotatable bonds is 1. The van der Waals surface area contributed by atoms with Gasteiger partial charge in [-0.1, -0.05) is 45.7 Å². The molecule has 2 atom stereocenters. The van der Waals surface area contributed by atoms with E-state index in [1.54, 1.807) is 0 Å². The van der Waals surface area contributed by atoms with Gasteiger partial charge in [-0.05, 0) is 24.3 Å². The second-order valence-electron chi connectivity index (χ2n) is 4.65. The van der Waals surface area contributed by atoms with Crippen LogP contribution in [-0.4, -0.2) is 0 Å². The highest BCUT2D eigenvalue weighted by Gasteiger charge is 2.28. The van der Waals surface area contributed by atoms with Crippen molar-refractivity contribution in [2.24, 2.45) is 5.73 Å². The molecule has 0 radical (unpaired) electrons. The fourth-order valence-electron chi connectivity index (χ4n) is 2.40. The fraction of sp³-hybridized carbons (Fsp3) is 0.200. The zero-order valence-corrected chi connectivity index (χ0v) is 12.5. The van der Waals surface area contributed by atoms with E-state index in [2.05, 4.69) is 15.9 Å². The quantitative estimate of drug-likeness (QED) is 0.823. The van der Waals surface area contributed by atoms with Gasteiger partial charge in [0.1, 0.15) is 11.9 Å². The van der Waals surface area contributed by atoms with E-state index < -0.39 is 0 Å². The smallest absolute Gasteiger partial charge is 0.127 e. The van der Waals surface area contributed by atoms with Crippen molar-refractivity contribution >= 4 is 27.5 Å². The zero-order chi connectivity index (χ0) is 13.4. The number of ether oxygens (including phenoxy) is 1. The third-order valence-electron chi connectivity index (χ3n) is 3.36. The van der Waals surface area contributed by atoms with Crippen molar-refractivity contribution in [3.63, 3.8) is 0 Å². The first-order chi connectivity index (χ1) is 9.15. The van der Waals surface area contributed by atoms with Gasteiger partial charge in [0.25, 0.3) is 0 Å². The Morgan fingerprint density at radius 3 is 2.74 bits per heavy atom. The van der Waals surface area contributed by atoms with E-state index >= 15 is 0 Å². The highest BCUT2D eigenvalue weighted by atomic mass is 79.9. The Bertz CT molecular complexity index is 617. The Kier molecular flexibility index (Phi) is 3.52. The summed E-state index contributed by atoms with van der Waals surface area (Å²) < 4.78 is 7.05. The van der Waals surface area contributed by atoms with Crippen LogP contribution in [0.2, 0.25) is 5.02 Å². The number of nitrogens with two attached hydrogens (primary N) is 1. The van der Waals surface area contributed by atoms with E-state index in [1.807, 2.05) is 42.5 Å². The van der Waals surface area contributed by atoms with Crippen LogP contribution in [0, 0.1) is 0 Å². The Labute approximate surface area is 125 Å². The zero-order valence-electron chi connectivity index (χ0n) is 10.1. The lowest BCUT2D eigenvalue weighted by Gasteiger charge is -2.31. The molecule has 4 heteroatoms. The summed E-state index contributed by atoms with van der Waals surface area (Å²) in [6, 6.07) is 13.6. The maximum absolute atomic E-state index is 6.25. The molecule has 0 saturated heterocycles. The molecule has 0 bridgehead atoms. The first-order valence-electron chi connectivity index (χ1n) is 6.11. The van der Waals surface area contributed by atoms with Crippen LogP contribution >= 0.6 is 27.5 Å². The summed E-state index contributed by atoms with van der Waals surface area (Å²) in [6.45, 7) is 0. The second kappa shape index (κ2) is 5.16. The summed E-state index contributed by atoms with van der Waals surface area (Å²) in [6.07, 6.45) is 0.644. The van der Waals surface area contributed by atoms with Gasteiger partial charge in [-0.25, -0.2) is 0 Å². The molecule has 2 nitrogen and oxygen atoms in total. The van der Waals surface area contributed by atoms with Gasteiger partial charge in [-0.15, -0.1) is 0 Å². The minimum absolute atomic E-state index is 0.0393. The Balaban J connectivity index is 1.97. The van der Waals surface area contributed by atoms with E-state index in [4.69, 9.17) is 22.1 Å². The van der Waals surface area contributed by atoms with Crippen LogP contribution in [0.1, 0.15) is 29.7 Å². The molecule has 0 aromatic heterocycles. The molecule has 0 spiro atoms. The van der Waals surface area contributed by atoms with Crippen LogP contribution in [0.25, 0.3) is 0 Å². The number of benzene rings is 2. The molecule has 1 aliphatic rings. The molecule has 0 fully saturated rings. The predicted molar refractivity (Wildman–Crippen MR) is 80.5 cm³/mol. The van der Waals surface area contributed by atoms with Gasteiger partial charge in [-0.3, -0.25) is 0 Å². The van der Waals surface area contributed by atoms with Crippen LogP contribution in [0.5, 0.6) is 5.75 Å². The SMILES string of the molecule is NC1CC(c2ccccc2Cl)Oc2ccc(Br)cc21. The first-order valence-corrected chi connectivity index (χ1v) is 7.28. The van der Waals surface area contributed by atoms with Crippen LogP contribution in [0.3, 0.4) is 0 Å². The molecular formula is C15H13BrClNO. The molecule has 2 aromatic rings. The van der Waals surface area contributed by atoms with Gasteiger partial charge in [-0.2, -0.15) is 0 Å². The van der Waals surface area contributed by atoms with Crippen molar-refractivity contribution in [1.82, 2.24) is 0 Å². The van der Waals surface area contributed by atoms with Crippen LogP contribution in [0.15, 0.2) is 46.9 Å². The highest BCUT2D eigenvalue weighted by Crippen LogP contribution is 2.42. The molecule has 0 saturated carbocycles. The largest absolute Gasteiger partial charge is 0.485 e. The third kappa shape index (κ3) is 2.50. The molecule has 0 amide bonds. The highest BCUT2D eigenvalue weighted by molar-refractivity contribution is 9.10. The van der Waals surface area contributed by atoms with E-state index in [0.717, 1.165) is 32.8 Å². The van der Waals surface area contributed by atoms with Gasteiger partial charge in [0.15, 0.2) is 0 Å². The lowest BCUT2D eigenvalue weighted by Crippen LogP contribution is -2.24. The molecule has 98 valence electrons. The van der Waals surface area contributed by atoms with Crippen molar-refractivity contribution in [2.45, 2.75) is 18.6 Å². The van der Waals surface area contributed by atoms with Gasteiger partial charge < -0.3 is 10.5 Å². The molecule has 2 unspecified atom stereocenters. The fourth-order valence-corrected chi connectivity index (χ4v) is 3.04. The third-order valence-corrected chi connectivity index (χ3v) is 4.20. The molecule has 1 aliphatic heterocycles. The molecule has 3 rings (SSSR count). The van der Waals surface area contributed by atoms with E-state index in [0.29, 0.717) is 0 Å². The number of hydrogen-bond donors (Lipinski definition) is 1. The van der Waals surface area contributed by atoms with Gasteiger partial charge >= 0.3 is 0 Å². The van der Waals surface area contributed by atoms with Crippen molar-refractivity contribution in [1.29, 1.82) is 0 Å². The van der Waals surface area contributed by atoms with Gasteiger partial charge in [0.2, 0.25) is 0 Å². The molecule has 2 aromatic carbocycles. The monoisotopic (exact) mass is 337 g/mol. The Morgan fingerprint density at radius 1 is 1.16 bits per heavy atom. The van der Waals surface area contributed by atoms with Crippen molar-refractivity contribution in [3.8, 4) is 5.75 Å². The molecule has 1 heterocycles. The Morgan fingerprint density at radius 2 is 1.95 bits per heavy atom. The molecule has 2 N–H and O–H groups in total. The average Bonchev–Trinajstić information content (AvgIpc) is 2.40. The van der Waals surface area contributed by atoms with E-state index in [1.165, 1.54) is 0 Å². The summed E-state index contributed by atoms with van der Waals surface area (Å²) >= 11 is 9.69. The van der Waals surface area contributed by atoms with Gasteiger partial charge in [0.05, 0.1) is 0 Å². The maximum atomic E-state index is 6.25. The van der Waals surface area contributed by atoms with Crippen LogP contribution < -0.4 is 10.5 Å². The van der Waals surface area contributed by atoms with Crippen LogP contribution in [0.4, 0.5) is 0 Å². The van der Waals surface area contributed by atoms with Crippen molar-refractivity contribution in [3.05, 3.63) is 63.1 Å². The topological polar surface area (TPSA) is 35.2 Å². The lowest BCUT2D eigenvalue weighted by molar-refractivity contribution is 0.161. The number of halogens is 2.